The van der Waals surface area contributed by atoms with Crippen LogP contribution < -0.4 is 5.73 Å². The highest BCUT2D eigenvalue weighted by atomic mass is 32.2. The van der Waals surface area contributed by atoms with Gasteiger partial charge in [0, 0.05) is 5.56 Å². The van der Waals surface area contributed by atoms with Crippen molar-refractivity contribution in [2.45, 2.75) is 24.1 Å². The summed E-state index contributed by atoms with van der Waals surface area (Å²) in [5.74, 6) is -0.352. The molecule has 4 nitrogen and oxygen atoms in total. The van der Waals surface area contributed by atoms with Crippen LogP contribution in [-0.4, -0.2) is 21.4 Å². The van der Waals surface area contributed by atoms with Crippen LogP contribution in [0.4, 0.5) is 0 Å². The lowest BCUT2D eigenvalue weighted by Crippen LogP contribution is -2.22. The topological polar surface area (TPSA) is 68.9 Å². The van der Waals surface area contributed by atoms with E-state index in [9.17, 15) is 4.79 Å². The Labute approximate surface area is 116 Å². The molecule has 1 amide bonds. The Bertz CT molecular complexity index is 566. The quantitative estimate of drug-likeness (QED) is 0.869. The third-order valence-electron chi connectivity index (χ3n) is 2.69. The summed E-state index contributed by atoms with van der Waals surface area (Å²) in [4.78, 5) is 11.0. The van der Waals surface area contributed by atoms with Gasteiger partial charge in [-0.15, -0.1) is 10.2 Å². The minimum absolute atomic E-state index is 0.306. The van der Waals surface area contributed by atoms with Gasteiger partial charge in [-0.1, -0.05) is 41.6 Å². The lowest BCUT2D eigenvalue weighted by molar-refractivity contribution is -0.117. The highest BCUT2D eigenvalue weighted by Crippen LogP contribution is 2.22. The number of nitrogens with two attached hydrogens (primary N) is 1. The first-order valence-electron chi connectivity index (χ1n) is 5.93. The molecule has 0 aliphatic heterocycles. The number of aryl methyl sites for hydroxylation is 1. The van der Waals surface area contributed by atoms with Gasteiger partial charge in [0.15, 0.2) is 0 Å². The van der Waals surface area contributed by atoms with Crippen LogP contribution in [-0.2, 0) is 4.79 Å². The molecule has 0 aliphatic carbocycles. The maximum absolute atomic E-state index is 11.0. The van der Waals surface area contributed by atoms with Crippen LogP contribution in [0, 0.1) is 6.92 Å². The van der Waals surface area contributed by atoms with Crippen LogP contribution in [0.1, 0.15) is 12.5 Å². The molecule has 1 heterocycles. The zero-order valence-electron chi connectivity index (χ0n) is 10.8. The molecule has 1 atom stereocenters. The zero-order valence-corrected chi connectivity index (χ0v) is 11.6. The Morgan fingerprint density at radius 1 is 1.16 bits per heavy atom. The van der Waals surface area contributed by atoms with E-state index in [1.807, 2.05) is 43.3 Å². The van der Waals surface area contributed by atoms with E-state index in [0.717, 1.165) is 11.3 Å². The number of hydrogen-bond donors (Lipinski definition) is 1. The van der Waals surface area contributed by atoms with Crippen LogP contribution in [0.15, 0.2) is 41.4 Å². The first-order chi connectivity index (χ1) is 9.06. The molecule has 5 heteroatoms. The number of thioether (sulfide) groups is 1. The smallest absolute Gasteiger partial charge is 0.230 e. The minimum atomic E-state index is -0.352. The zero-order chi connectivity index (χ0) is 13.8. The summed E-state index contributed by atoms with van der Waals surface area (Å²) in [6.45, 7) is 3.79. The molecule has 0 bridgehead atoms. The van der Waals surface area contributed by atoms with Crippen LogP contribution in [0.3, 0.4) is 0 Å². The number of benzene rings is 1. The molecule has 0 saturated heterocycles. The number of primary amides is 1. The number of carbonyl (C=O) groups excluding carboxylic acids is 1. The van der Waals surface area contributed by atoms with Crippen molar-refractivity contribution < 1.29 is 4.79 Å². The molecule has 2 aromatic rings. The van der Waals surface area contributed by atoms with Gasteiger partial charge >= 0.3 is 0 Å². The number of amides is 1. The van der Waals surface area contributed by atoms with Crippen molar-refractivity contribution in [1.29, 1.82) is 0 Å². The maximum Gasteiger partial charge on any atom is 0.230 e. The molecule has 0 saturated carbocycles. The molecule has 0 unspecified atom stereocenters. The summed E-state index contributed by atoms with van der Waals surface area (Å²) in [6, 6.07) is 11.8. The molecule has 2 rings (SSSR count). The summed E-state index contributed by atoms with van der Waals surface area (Å²) in [7, 11) is 0. The largest absolute Gasteiger partial charge is 0.369 e. The highest BCUT2D eigenvalue weighted by molar-refractivity contribution is 8.00. The van der Waals surface area contributed by atoms with E-state index < -0.39 is 0 Å². The van der Waals surface area contributed by atoms with Crippen LogP contribution in [0.2, 0.25) is 0 Å². The van der Waals surface area contributed by atoms with Crippen molar-refractivity contribution in [3.05, 3.63) is 42.0 Å². The Hall–Kier alpha value is -1.88. The number of rotatable bonds is 4. The molecule has 98 valence electrons. The van der Waals surface area contributed by atoms with Crippen LogP contribution >= 0.6 is 11.8 Å². The second kappa shape index (κ2) is 5.84. The van der Waals surface area contributed by atoms with E-state index in [1.165, 1.54) is 17.3 Å². The van der Waals surface area contributed by atoms with Crippen molar-refractivity contribution in [1.82, 2.24) is 10.2 Å². The van der Waals surface area contributed by atoms with Gasteiger partial charge in [0.05, 0.1) is 10.9 Å². The molecule has 2 N–H and O–H groups in total. The van der Waals surface area contributed by atoms with Crippen molar-refractivity contribution in [3.8, 4) is 11.3 Å². The predicted octanol–water partition coefficient (Wildman–Crippen LogP) is 2.42. The third kappa shape index (κ3) is 3.54. The van der Waals surface area contributed by atoms with E-state index in [-0.39, 0.29) is 11.2 Å². The van der Waals surface area contributed by atoms with E-state index in [4.69, 9.17) is 5.73 Å². The summed E-state index contributed by atoms with van der Waals surface area (Å²) in [5.41, 5.74) is 8.26. The summed E-state index contributed by atoms with van der Waals surface area (Å²) >= 11 is 1.31. The molecule has 1 aromatic carbocycles. The van der Waals surface area contributed by atoms with Crippen LogP contribution in [0.5, 0.6) is 0 Å². The predicted molar refractivity (Wildman–Crippen MR) is 76.7 cm³/mol. The van der Waals surface area contributed by atoms with E-state index in [1.54, 1.807) is 6.92 Å². The lowest BCUT2D eigenvalue weighted by atomic mass is 10.1. The van der Waals surface area contributed by atoms with E-state index in [0.29, 0.717) is 5.03 Å². The van der Waals surface area contributed by atoms with Crippen molar-refractivity contribution in [2.24, 2.45) is 5.73 Å². The van der Waals surface area contributed by atoms with Gasteiger partial charge in [-0.05, 0) is 26.0 Å². The molecular weight excluding hydrogens is 258 g/mol. The Morgan fingerprint density at radius 3 is 2.37 bits per heavy atom. The average Bonchev–Trinajstić information content (AvgIpc) is 2.40. The van der Waals surface area contributed by atoms with Gasteiger partial charge < -0.3 is 5.73 Å². The van der Waals surface area contributed by atoms with Crippen molar-refractivity contribution in [3.63, 3.8) is 0 Å². The Kier molecular flexibility index (Phi) is 4.16. The molecule has 0 spiro atoms. The number of nitrogens with zero attached hydrogens (tertiary/aromatic N) is 2. The minimum Gasteiger partial charge on any atom is -0.369 e. The van der Waals surface area contributed by atoms with Gasteiger partial charge in [0.1, 0.15) is 5.03 Å². The fraction of sp³-hybridized carbons (Fsp3) is 0.214. The second-order valence-corrected chi connectivity index (χ2v) is 5.65. The summed E-state index contributed by atoms with van der Waals surface area (Å²) < 4.78 is 0. The molecule has 1 aromatic heterocycles. The van der Waals surface area contributed by atoms with Gasteiger partial charge in [0.25, 0.3) is 0 Å². The van der Waals surface area contributed by atoms with Gasteiger partial charge in [0.2, 0.25) is 5.91 Å². The Morgan fingerprint density at radius 2 is 1.84 bits per heavy atom. The molecule has 0 aliphatic rings. The molecule has 0 radical (unpaired) electrons. The Balaban J connectivity index is 2.14. The van der Waals surface area contributed by atoms with Gasteiger partial charge in [-0.3, -0.25) is 4.79 Å². The van der Waals surface area contributed by atoms with E-state index >= 15 is 0 Å². The highest BCUT2D eigenvalue weighted by Gasteiger charge is 2.11. The maximum atomic E-state index is 11.0. The normalized spacial score (nSPS) is 12.1. The number of carbonyl (C=O) groups is 1. The fourth-order valence-electron chi connectivity index (χ4n) is 1.50. The summed E-state index contributed by atoms with van der Waals surface area (Å²) in [5, 5.41) is 8.66. The average molecular weight is 273 g/mol. The van der Waals surface area contributed by atoms with Crippen LogP contribution in [0.25, 0.3) is 11.3 Å². The fourth-order valence-corrected chi connectivity index (χ4v) is 2.21. The number of aromatic nitrogens is 2. The van der Waals surface area contributed by atoms with Gasteiger partial charge in [-0.2, -0.15) is 0 Å². The molecule has 0 fully saturated rings. The number of hydrogen-bond acceptors (Lipinski definition) is 4. The monoisotopic (exact) mass is 273 g/mol. The standard InChI is InChI=1S/C14H15N3OS/c1-9-3-5-11(6-4-9)12-7-8-13(17-16-12)19-10(2)14(15)18/h3-8,10H,1-2H3,(H2,15,18)/t10-/m1/s1. The SMILES string of the molecule is Cc1ccc(-c2ccc(S[C@H](C)C(N)=O)nn2)cc1. The molecular formula is C14H15N3OS. The van der Waals surface area contributed by atoms with Gasteiger partial charge in [-0.25, -0.2) is 0 Å². The summed E-state index contributed by atoms with van der Waals surface area (Å²) in [6.07, 6.45) is 0. The first kappa shape index (κ1) is 13.5. The first-order valence-corrected chi connectivity index (χ1v) is 6.81. The lowest BCUT2D eigenvalue weighted by Gasteiger charge is -2.06. The third-order valence-corrected chi connectivity index (χ3v) is 3.73. The molecule has 19 heavy (non-hydrogen) atoms. The van der Waals surface area contributed by atoms with Crippen molar-refractivity contribution >= 4 is 17.7 Å². The van der Waals surface area contributed by atoms with E-state index in [2.05, 4.69) is 10.2 Å². The second-order valence-electron chi connectivity index (χ2n) is 4.29. The van der Waals surface area contributed by atoms with Crippen molar-refractivity contribution in [2.75, 3.05) is 0 Å².